The summed E-state index contributed by atoms with van der Waals surface area (Å²) in [5.41, 5.74) is 4.79. The SMILES string of the molecule is CC(C)(C)c1c2oc3ccccc3c2cc2c1oc1ccccc12. The Hall–Kier alpha value is -2.74. The van der Waals surface area contributed by atoms with Gasteiger partial charge in [-0.15, -0.1) is 0 Å². The van der Waals surface area contributed by atoms with Crippen LogP contribution in [0.1, 0.15) is 26.3 Å². The van der Waals surface area contributed by atoms with E-state index in [-0.39, 0.29) is 5.41 Å². The number of fused-ring (bicyclic) bond motifs is 6. The fraction of sp³-hybridized carbons (Fsp3) is 0.182. The van der Waals surface area contributed by atoms with E-state index in [2.05, 4.69) is 51.1 Å². The van der Waals surface area contributed by atoms with Crippen LogP contribution >= 0.6 is 0 Å². The third-order valence-electron chi connectivity index (χ3n) is 4.76. The normalized spacial score (nSPS) is 12.8. The smallest absolute Gasteiger partial charge is 0.142 e. The first-order valence-corrected chi connectivity index (χ1v) is 8.30. The molecule has 5 aromatic rings. The first kappa shape index (κ1) is 13.7. The van der Waals surface area contributed by atoms with Crippen LogP contribution in [0, 0.1) is 0 Å². The van der Waals surface area contributed by atoms with E-state index in [0.29, 0.717) is 0 Å². The van der Waals surface area contributed by atoms with Crippen molar-refractivity contribution < 1.29 is 8.83 Å². The lowest BCUT2D eigenvalue weighted by Gasteiger charge is -2.19. The van der Waals surface area contributed by atoms with E-state index < -0.39 is 0 Å². The Labute approximate surface area is 139 Å². The third kappa shape index (κ3) is 1.71. The molecule has 3 aromatic carbocycles. The maximum atomic E-state index is 6.25. The van der Waals surface area contributed by atoms with E-state index in [1.165, 1.54) is 0 Å². The number of hydrogen-bond acceptors (Lipinski definition) is 2. The number of hydrogen-bond donors (Lipinski definition) is 0. The first-order chi connectivity index (χ1) is 11.5. The van der Waals surface area contributed by atoms with Crippen LogP contribution in [-0.2, 0) is 5.41 Å². The molecule has 2 nitrogen and oxygen atoms in total. The molecule has 0 aliphatic rings. The maximum absolute atomic E-state index is 6.25. The summed E-state index contributed by atoms with van der Waals surface area (Å²) in [5, 5.41) is 4.64. The fourth-order valence-electron chi connectivity index (χ4n) is 3.72. The highest BCUT2D eigenvalue weighted by Gasteiger charge is 2.27. The lowest BCUT2D eigenvalue weighted by Crippen LogP contribution is -2.11. The highest BCUT2D eigenvalue weighted by Crippen LogP contribution is 2.43. The van der Waals surface area contributed by atoms with Crippen LogP contribution in [0.2, 0.25) is 0 Å². The van der Waals surface area contributed by atoms with Gasteiger partial charge in [0.15, 0.2) is 0 Å². The molecule has 5 rings (SSSR count). The second-order valence-electron chi connectivity index (χ2n) is 7.45. The Bertz CT molecular complexity index is 1140. The minimum absolute atomic E-state index is 0.0838. The van der Waals surface area contributed by atoms with Gasteiger partial charge in [0.25, 0.3) is 0 Å². The molecule has 0 amide bonds. The highest BCUT2D eigenvalue weighted by molar-refractivity contribution is 6.17. The van der Waals surface area contributed by atoms with Gasteiger partial charge in [0.05, 0.1) is 0 Å². The molecule has 0 fully saturated rings. The molecule has 24 heavy (non-hydrogen) atoms. The lowest BCUT2D eigenvalue weighted by molar-refractivity contribution is 0.559. The minimum atomic E-state index is -0.0838. The van der Waals surface area contributed by atoms with Gasteiger partial charge < -0.3 is 8.83 Å². The second kappa shape index (κ2) is 4.41. The number of benzene rings is 3. The maximum Gasteiger partial charge on any atom is 0.142 e. The second-order valence-corrected chi connectivity index (χ2v) is 7.45. The van der Waals surface area contributed by atoms with Crippen molar-refractivity contribution in [3.8, 4) is 0 Å². The van der Waals surface area contributed by atoms with Gasteiger partial charge in [-0.25, -0.2) is 0 Å². The van der Waals surface area contributed by atoms with Gasteiger partial charge in [-0.3, -0.25) is 0 Å². The zero-order chi connectivity index (χ0) is 16.5. The molecular weight excluding hydrogens is 296 g/mol. The van der Waals surface area contributed by atoms with E-state index in [0.717, 1.165) is 49.4 Å². The Morgan fingerprint density at radius 1 is 0.625 bits per heavy atom. The predicted octanol–water partition coefficient (Wildman–Crippen LogP) is 6.78. The minimum Gasteiger partial charge on any atom is -0.456 e. The predicted molar refractivity (Wildman–Crippen MR) is 99.7 cm³/mol. The summed E-state index contributed by atoms with van der Waals surface area (Å²) >= 11 is 0. The van der Waals surface area contributed by atoms with Crippen molar-refractivity contribution >= 4 is 43.9 Å². The van der Waals surface area contributed by atoms with Gasteiger partial charge in [0.2, 0.25) is 0 Å². The molecule has 2 heterocycles. The van der Waals surface area contributed by atoms with Crippen LogP contribution in [0.3, 0.4) is 0 Å². The van der Waals surface area contributed by atoms with Gasteiger partial charge in [0, 0.05) is 27.1 Å². The molecule has 0 unspecified atom stereocenters. The molecule has 118 valence electrons. The van der Waals surface area contributed by atoms with Crippen molar-refractivity contribution in [1.29, 1.82) is 0 Å². The van der Waals surface area contributed by atoms with Crippen molar-refractivity contribution in [3.63, 3.8) is 0 Å². The number of furan rings is 2. The van der Waals surface area contributed by atoms with Crippen LogP contribution < -0.4 is 0 Å². The Morgan fingerprint density at radius 3 is 1.54 bits per heavy atom. The summed E-state index contributed by atoms with van der Waals surface area (Å²) in [7, 11) is 0. The summed E-state index contributed by atoms with van der Waals surface area (Å²) < 4.78 is 12.5. The topological polar surface area (TPSA) is 26.3 Å². The zero-order valence-corrected chi connectivity index (χ0v) is 14.0. The highest BCUT2D eigenvalue weighted by atomic mass is 16.3. The molecule has 0 bridgehead atoms. The van der Waals surface area contributed by atoms with Crippen LogP contribution in [0.25, 0.3) is 43.9 Å². The monoisotopic (exact) mass is 314 g/mol. The Morgan fingerprint density at radius 2 is 1.08 bits per heavy atom. The van der Waals surface area contributed by atoms with Gasteiger partial charge in [-0.2, -0.15) is 0 Å². The summed E-state index contributed by atoms with van der Waals surface area (Å²) in [6.07, 6.45) is 0. The average Bonchev–Trinajstić information content (AvgIpc) is 3.09. The van der Waals surface area contributed by atoms with Gasteiger partial charge in [-0.05, 0) is 23.6 Å². The molecule has 0 spiro atoms. The Balaban J connectivity index is 2.12. The molecule has 0 saturated heterocycles. The lowest BCUT2D eigenvalue weighted by atomic mass is 9.84. The van der Waals surface area contributed by atoms with E-state index in [1.807, 2.05) is 24.3 Å². The fourth-order valence-corrected chi connectivity index (χ4v) is 3.72. The van der Waals surface area contributed by atoms with Crippen molar-refractivity contribution in [2.45, 2.75) is 26.2 Å². The summed E-state index contributed by atoms with van der Waals surface area (Å²) in [4.78, 5) is 0. The van der Waals surface area contributed by atoms with Crippen LogP contribution in [0.15, 0.2) is 63.4 Å². The number of para-hydroxylation sites is 2. The van der Waals surface area contributed by atoms with E-state index in [9.17, 15) is 0 Å². The summed E-state index contributed by atoms with van der Waals surface area (Å²) in [6.45, 7) is 6.63. The molecule has 0 aliphatic heterocycles. The average molecular weight is 314 g/mol. The summed E-state index contributed by atoms with van der Waals surface area (Å²) in [6, 6.07) is 18.7. The van der Waals surface area contributed by atoms with Crippen molar-refractivity contribution in [3.05, 3.63) is 60.2 Å². The molecule has 2 aromatic heterocycles. The van der Waals surface area contributed by atoms with E-state index in [4.69, 9.17) is 8.83 Å². The molecular formula is C22H18O2. The molecule has 0 atom stereocenters. The van der Waals surface area contributed by atoms with Crippen molar-refractivity contribution in [2.24, 2.45) is 0 Å². The van der Waals surface area contributed by atoms with Crippen molar-refractivity contribution in [2.75, 3.05) is 0 Å². The third-order valence-corrected chi connectivity index (χ3v) is 4.76. The molecule has 2 heteroatoms. The molecule has 0 aliphatic carbocycles. The molecule has 0 radical (unpaired) electrons. The standard InChI is InChI=1S/C22H18O2/c1-22(2,3)19-20-15(13-8-4-6-10-17(13)23-20)12-16-14-9-5-7-11-18(14)24-21(16)19/h4-12H,1-3H3. The van der Waals surface area contributed by atoms with Crippen molar-refractivity contribution in [1.82, 2.24) is 0 Å². The zero-order valence-electron chi connectivity index (χ0n) is 14.0. The van der Waals surface area contributed by atoms with Gasteiger partial charge in [-0.1, -0.05) is 57.2 Å². The Kier molecular flexibility index (Phi) is 2.52. The van der Waals surface area contributed by atoms with Crippen LogP contribution in [-0.4, -0.2) is 0 Å². The molecule has 0 saturated carbocycles. The summed E-state index contributed by atoms with van der Waals surface area (Å²) in [5.74, 6) is 0. The quantitative estimate of drug-likeness (QED) is 0.315. The number of rotatable bonds is 0. The molecule has 0 N–H and O–H groups in total. The largest absolute Gasteiger partial charge is 0.456 e. The van der Waals surface area contributed by atoms with Crippen LogP contribution in [0.5, 0.6) is 0 Å². The van der Waals surface area contributed by atoms with E-state index >= 15 is 0 Å². The van der Waals surface area contributed by atoms with Crippen LogP contribution in [0.4, 0.5) is 0 Å². The van der Waals surface area contributed by atoms with Gasteiger partial charge >= 0.3 is 0 Å². The van der Waals surface area contributed by atoms with E-state index in [1.54, 1.807) is 0 Å². The van der Waals surface area contributed by atoms with Gasteiger partial charge in [0.1, 0.15) is 22.3 Å². The first-order valence-electron chi connectivity index (χ1n) is 8.30.